The van der Waals surface area contributed by atoms with Crippen molar-refractivity contribution in [3.05, 3.63) is 0 Å². The summed E-state index contributed by atoms with van der Waals surface area (Å²) in [6.45, 7) is 0. The molecule has 3 fully saturated rings. The number of alkyl halides is 2. The number of rotatable bonds is 0. The van der Waals surface area contributed by atoms with E-state index in [0.717, 1.165) is 21.5 Å². The van der Waals surface area contributed by atoms with Crippen molar-refractivity contribution < 1.29 is 0 Å². The maximum absolute atomic E-state index is 3.76. The highest BCUT2D eigenvalue weighted by Gasteiger charge is 2.40. The second-order valence-electron chi connectivity index (χ2n) is 3.56. The highest BCUT2D eigenvalue weighted by atomic mass is 79.9. The van der Waals surface area contributed by atoms with Gasteiger partial charge in [0.05, 0.1) is 0 Å². The fourth-order valence-electron chi connectivity index (χ4n) is 2.30. The van der Waals surface area contributed by atoms with Crippen molar-refractivity contribution in [1.82, 2.24) is 0 Å². The average Bonchev–Trinajstić information content (AvgIpc) is 2.00. The van der Waals surface area contributed by atoms with Crippen molar-refractivity contribution in [2.75, 3.05) is 0 Å². The first-order valence-electron chi connectivity index (χ1n) is 4.07. The van der Waals surface area contributed by atoms with Crippen molar-refractivity contribution in [2.24, 2.45) is 11.8 Å². The lowest BCUT2D eigenvalue weighted by Gasteiger charge is -2.43. The van der Waals surface area contributed by atoms with E-state index in [-0.39, 0.29) is 0 Å². The Hall–Kier alpha value is 0.960. The molecular weight excluding hydrogens is 256 g/mol. The highest BCUT2D eigenvalue weighted by molar-refractivity contribution is 9.12. The molecule has 0 nitrogen and oxygen atoms in total. The zero-order chi connectivity index (χ0) is 7.14. The summed E-state index contributed by atoms with van der Waals surface area (Å²) in [5.41, 5.74) is 0. The van der Waals surface area contributed by atoms with E-state index < -0.39 is 0 Å². The Balaban J connectivity index is 2.13. The molecule has 0 N–H and O–H groups in total. The maximum Gasteiger partial charge on any atom is 0.0302 e. The van der Waals surface area contributed by atoms with Crippen LogP contribution in [0.5, 0.6) is 0 Å². The Labute approximate surface area is 79.0 Å². The largest absolute Gasteiger partial charge is 0.0875 e. The van der Waals surface area contributed by atoms with Crippen molar-refractivity contribution >= 4 is 31.9 Å². The first kappa shape index (κ1) is 7.60. The summed E-state index contributed by atoms with van der Waals surface area (Å²) in [7, 11) is 0. The molecule has 3 aliphatic carbocycles. The van der Waals surface area contributed by atoms with Gasteiger partial charge in [0.25, 0.3) is 0 Å². The normalized spacial score (nSPS) is 53.4. The zero-order valence-electron chi connectivity index (χ0n) is 5.89. The number of hydrogen-bond donors (Lipinski definition) is 0. The van der Waals surface area contributed by atoms with Gasteiger partial charge >= 0.3 is 0 Å². The van der Waals surface area contributed by atoms with Crippen LogP contribution in [-0.4, -0.2) is 9.65 Å². The third-order valence-electron chi connectivity index (χ3n) is 3.02. The molecule has 0 aliphatic heterocycles. The minimum atomic E-state index is 0.764. The van der Waals surface area contributed by atoms with Crippen molar-refractivity contribution in [1.29, 1.82) is 0 Å². The topological polar surface area (TPSA) is 0 Å². The van der Waals surface area contributed by atoms with Gasteiger partial charge in [0, 0.05) is 9.65 Å². The van der Waals surface area contributed by atoms with Crippen LogP contribution in [-0.2, 0) is 0 Å². The molecule has 10 heavy (non-hydrogen) atoms. The average molecular weight is 268 g/mol. The van der Waals surface area contributed by atoms with Gasteiger partial charge in [0.15, 0.2) is 0 Å². The third kappa shape index (κ3) is 1.08. The van der Waals surface area contributed by atoms with Crippen LogP contribution in [0.2, 0.25) is 0 Å². The van der Waals surface area contributed by atoms with E-state index in [1.165, 1.54) is 25.7 Å². The van der Waals surface area contributed by atoms with E-state index in [9.17, 15) is 0 Å². The zero-order valence-corrected chi connectivity index (χ0v) is 9.07. The molecule has 2 heteroatoms. The van der Waals surface area contributed by atoms with Gasteiger partial charge in [0.1, 0.15) is 0 Å². The van der Waals surface area contributed by atoms with Crippen LogP contribution in [0.25, 0.3) is 0 Å². The lowest BCUT2D eigenvalue weighted by atomic mass is 9.71. The van der Waals surface area contributed by atoms with Crippen molar-refractivity contribution in [2.45, 2.75) is 35.3 Å². The maximum atomic E-state index is 3.76. The fourth-order valence-corrected chi connectivity index (χ4v) is 4.22. The molecule has 0 amide bonds. The molecule has 58 valence electrons. The molecule has 0 aromatic carbocycles. The van der Waals surface area contributed by atoms with E-state index in [2.05, 4.69) is 31.9 Å². The van der Waals surface area contributed by atoms with Crippen LogP contribution in [0, 0.1) is 11.8 Å². The molecule has 0 heterocycles. The van der Waals surface area contributed by atoms with Crippen molar-refractivity contribution in [3.8, 4) is 0 Å². The summed E-state index contributed by atoms with van der Waals surface area (Å²) >= 11 is 7.53. The van der Waals surface area contributed by atoms with Gasteiger partial charge < -0.3 is 0 Å². The molecular formula is C8H12Br2. The molecule has 0 unspecified atom stereocenters. The Morgan fingerprint density at radius 1 is 0.700 bits per heavy atom. The quantitative estimate of drug-likeness (QED) is 0.591. The van der Waals surface area contributed by atoms with Gasteiger partial charge in [0.2, 0.25) is 0 Å². The van der Waals surface area contributed by atoms with Crippen LogP contribution in [0.1, 0.15) is 25.7 Å². The summed E-state index contributed by atoms with van der Waals surface area (Å²) in [5, 5.41) is 0. The molecule has 2 atom stereocenters. The molecule has 0 spiro atoms. The third-order valence-corrected chi connectivity index (χ3v) is 6.37. The second kappa shape index (κ2) is 2.78. The molecule has 2 bridgehead atoms. The first-order chi connectivity index (χ1) is 4.79. The summed E-state index contributed by atoms with van der Waals surface area (Å²) in [6.07, 6.45) is 5.84. The Bertz CT molecular complexity index is 107. The van der Waals surface area contributed by atoms with E-state index in [1.54, 1.807) is 0 Å². The van der Waals surface area contributed by atoms with Crippen LogP contribution in [0.4, 0.5) is 0 Å². The second-order valence-corrected chi connectivity index (χ2v) is 5.68. The summed E-state index contributed by atoms with van der Waals surface area (Å²) in [4.78, 5) is 1.53. The van der Waals surface area contributed by atoms with Gasteiger partial charge in [-0.1, -0.05) is 31.9 Å². The predicted molar refractivity (Wildman–Crippen MR) is 50.9 cm³/mol. The van der Waals surface area contributed by atoms with Gasteiger partial charge in [-0.15, -0.1) is 0 Å². The lowest BCUT2D eigenvalue weighted by Crippen LogP contribution is -2.41. The fraction of sp³-hybridized carbons (Fsp3) is 1.00. The minimum Gasteiger partial charge on any atom is -0.0875 e. The minimum absolute atomic E-state index is 0.764. The molecule has 0 saturated heterocycles. The number of halogens is 2. The van der Waals surface area contributed by atoms with Crippen molar-refractivity contribution in [3.63, 3.8) is 0 Å². The molecule has 3 aliphatic rings. The molecule has 3 saturated carbocycles. The predicted octanol–water partition coefficient (Wildman–Crippen LogP) is 3.33. The molecule has 0 aromatic rings. The van der Waals surface area contributed by atoms with Crippen LogP contribution >= 0.6 is 31.9 Å². The summed E-state index contributed by atoms with van der Waals surface area (Å²) in [5.74, 6) is 1.93. The van der Waals surface area contributed by atoms with Crippen LogP contribution in [0.15, 0.2) is 0 Å². The Morgan fingerprint density at radius 3 is 1.20 bits per heavy atom. The monoisotopic (exact) mass is 266 g/mol. The highest BCUT2D eigenvalue weighted by Crippen LogP contribution is 2.47. The Kier molecular flexibility index (Phi) is 2.11. The van der Waals surface area contributed by atoms with Gasteiger partial charge in [-0.25, -0.2) is 0 Å². The molecule has 3 rings (SSSR count). The molecule has 0 radical (unpaired) electrons. The van der Waals surface area contributed by atoms with E-state index in [0.29, 0.717) is 0 Å². The van der Waals surface area contributed by atoms with Gasteiger partial charge in [-0.05, 0) is 37.5 Å². The first-order valence-corrected chi connectivity index (χ1v) is 5.90. The van der Waals surface area contributed by atoms with E-state index in [1.807, 2.05) is 0 Å². The Morgan fingerprint density at radius 2 is 1.00 bits per heavy atom. The number of fused-ring (bicyclic) bond motifs is 3. The van der Waals surface area contributed by atoms with E-state index >= 15 is 0 Å². The number of hydrogen-bond acceptors (Lipinski definition) is 0. The SMILES string of the molecule is Br[C@@H]1C2CCC(CC2)[C@H]1Br. The van der Waals surface area contributed by atoms with Gasteiger partial charge in [-0.3, -0.25) is 0 Å². The van der Waals surface area contributed by atoms with E-state index in [4.69, 9.17) is 0 Å². The van der Waals surface area contributed by atoms with Gasteiger partial charge in [-0.2, -0.15) is 0 Å². The summed E-state index contributed by atoms with van der Waals surface area (Å²) < 4.78 is 0. The summed E-state index contributed by atoms with van der Waals surface area (Å²) in [6, 6.07) is 0. The molecule has 0 aromatic heterocycles. The lowest BCUT2D eigenvalue weighted by molar-refractivity contribution is 0.198. The van der Waals surface area contributed by atoms with Crippen LogP contribution in [0.3, 0.4) is 0 Å². The van der Waals surface area contributed by atoms with Crippen LogP contribution < -0.4 is 0 Å². The standard InChI is InChI=1S/C8H12Br2/c9-7-5-1-2-6(4-3-5)8(7)10/h5-8H,1-4H2/t5?,6?,7-,8-/m1/s1. The smallest absolute Gasteiger partial charge is 0.0302 e.